The molecule has 3 aromatic carbocycles. The van der Waals surface area contributed by atoms with Gasteiger partial charge in [0, 0.05) is 28.5 Å². The second kappa shape index (κ2) is 12.1. The molecule has 4 aromatic rings. The second-order valence-electron chi connectivity index (χ2n) is 8.47. The van der Waals surface area contributed by atoms with E-state index in [1.165, 1.54) is 11.8 Å². The number of hydrogen-bond donors (Lipinski definition) is 0. The van der Waals surface area contributed by atoms with E-state index >= 15 is 0 Å². The van der Waals surface area contributed by atoms with E-state index in [0.29, 0.717) is 33.7 Å². The van der Waals surface area contributed by atoms with Gasteiger partial charge >= 0.3 is 29.6 Å². The monoisotopic (exact) mass is 536 g/mol. The topological polar surface area (TPSA) is 86.0 Å². The Morgan fingerprint density at radius 3 is 2.71 bits per heavy atom. The fourth-order valence-corrected chi connectivity index (χ4v) is 5.57. The van der Waals surface area contributed by atoms with Crippen molar-refractivity contribution in [2.75, 3.05) is 5.75 Å². The Balaban J connectivity index is 0.00000336. The number of aliphatic carboxylic acids is 1. The molecule has 184 valence electrons. The average molecular weight is 537 g/mol. The first kappa shape index (κ1) is 27.8. The van der Waals surface area contributed by atoms with Gasteiger partial charge in [0.15, 0.2) is 11.6 Å². The van der Waals surface area contributed by atoms with Gasteiger partial charge in [-0.1, -0.05) is 30.3 Å². The molecule has 9 heteroatoms. The molecule has 0 radical (unpaired) electrons. The van der Waals surface area contributed by atoms with Crippen LogP contribution in [0.5, 0.6) is 5.75 Å². The molecule has 2 heterocycles. The summed E-state index contributed by atoms with van der Waals surface area (Å²) in [5.74, 6) is -1.99. The minimum atomic E-state index is -1.12. The van der Waals surface area contributed by atoms with Crippen molar-refractivity contribution in [3.05, 3.63) is 106 Å². The summed E-state index contributed by atoms with van der Waals surface area (Å²) < 4.78 is 33.2. The van der Waals surface area contributed by atoms with Crippen LogP contribution in [-0.2, 0) is 11.4 Å². The number of nitriles is 1. The molecular formula is C29H19F2N2NaO3S. The number of hydrogen-bond acceptors (Lipinski definition) is 6. The van der Waals surface area contributed by atoms with Crippen LogP contribution in [0, 0.1) is 23.0 Å². The number of carbonyl (C=O) groups excluding carboxylic acids is 1. The number of aromatic nitrogens is 1. The van der Waals surface area contributed by atoms with Crippen LogP contribution >= 0.6 is 11.8 Å². The van der Waals surface area contributed by atoms with Gasteiger partial charge < -0.3 is 14.6 Å². The summed E-state index contributed by atoms with van der Waals surface area (Å²) >= 11 is 1.46. The molecule has 1 aliphatic rings. The van der Waals surface area contributed by atoms with E-state index in [-0.39, 0.29) is 47.8 Å². The quantitative estimate of drug-likeness (QED) is 0.352. The van der Waals surface area contributed by atoms with Crippen molar-refractivity contribution in [3.63, 3.8) is 0 Å². The molecule has 1 aromatic heterocycles. The smallest absolute Gasteiger partial charge is 0.550 e. The van der Waals surface area contributed by atoms with Crippen LogP contribution in [0.2, 0.25) is 0 Å². The van der Waals surface area contributed by atoms with Crippen LogP contribution in [0.3, 0.4) is 0 Å². The standard InChI is InChI=1S/C29H20F2N2O3S.Na/c30-24-13-18-6-8-20(33-26(18)14-25(24)31)7-4-17-5-9-27-22(12-17)29(37-11-10-28(34)35)21-3-1-2-19(15-32)23(21)16-36-27;/h1-9,12-14,29H,10-11,16H2,(H,34,35);/q;+1/p-1. The first-order valence-electron chi connectivity index (χ1n) is 11.5. The van der Waals surface area contributed by atoms with Crippen molar-refractivity contribution in [2.45, 2.75) is 18.3 Å². The van der Waals surface area contributed by atoms with E-state index in [4.69, 9.17) is 4.74 Å². The van der Waals surface area contributed by atoms with Gasteiger partial charge in [-0.15, -0.1) is 11.8 Å². The van der Waals surface area contributed by atoms with Crippen LogP contribution in [0.4, 0.5) is 8.78 Å². The zero-order valence-electron chi connectivity index (χ0n) is 20.4. The van der Waals surface area contributed by atoms with Gasteiger partial charge in [0.1, 0.15) is 12.4 Å². The van der Waals surface area contributed by atoms with E-state index in [0.717, 1.165) is 34.4 Å². The third-order valence-electron chi connectivity index (χ3n) is 6.09. The number of halogens is 2. The van der Waals surface area contributed by atoms with E-state index in [1.807, 2.05) is 36.4 Å². The number of pyridine rings is 1. The van der Waals surface area contributed by atoms with Crippen molar-refractivity contribution in [2.24, 2.45) is 0 Å². The zero-order chi connectivity index (χ0) is 25.9. The van der Waals surface area contributed by atoms with Crippen LogP contribution in [0.25, 0.3) is 23.1 Å². The summed E-state index contributed by atoms with van der Waals surface area (Å²) in [7, 11) is 0. The van der Waals surface area contributed by atoms with Crippen LogP contribution in [0.15, 0.2) is 60.7 Å². The summed E-state index contributed by atoms with van der Waals surface area (Å²) in [5.41, 5.74) is 4.86. The van der Waals surface area contributed by atoms with E-state index in [2.05, 4.69) is 11.1 Å². The fourth-order valence-electron chi connectivity index (χ4n) is 4.29. The molecule has 0 bridgehead atoms. The van der Waals surface area contributed by atoms with Gasteiger partial charge in [0.25, 0.3) is 0 Å². The Kier molecular flexibility index (Phi) is 8.85. The van der Waals surface area contributed by atoms with Gasteiger partial charge in [-0.2, -0.15) is 5.26 Å². The summed E-state index contributed by atoms with van der Waals surface area (Å²) in [4.78, 5) is 15.4. The normalized spacial score (nSPS) is 14.1. The van der Waals surface area contributed by atoms with Crippen molar-refractivity contribution < 1.29 is 53.0 Å². The molecule has 0 fully saturated rings. The Morgan fingerprint density at radius 1 is 1.11 bits per heavy atom. The number of thioether (sulfide) groups is 1. The van der Waals surface area contributed by atoms with Crippen LogP contribution in [0.1, 0.15) is 45.2 Å². The molecule has 5 rings (SSSR count). The maximum absolute atomic E-state index is 13.6. The number of ether oxygens (including phenoxy) is 1. The minimum absolute atomic E-state index is 0. The predicted molar refractivity (Wildman–Crippen MR) is 136 cm³/mol. The summed E-state index contributed by atoms with van der Waals surface area (Å²) in [6.07, 6.45) is 3.54. The van der Waals surface area contributed by atoms with Crippen LogP contribution < -0.4 is 39.4 Å². The number of benzene rings is 3. The Bertz CT molecular complexity index is 1600. The molecule has 1 unspecified atom stereocenters. The maximum Gasteiger partial charge on any atom is 1.00 e. The van der Waals surface area contributed by atoms with Crippen LogP contribution in [-0.4, -0.2) is 16.7 Å². The van der Waals surface area contributed by atoms with E-state index in [1.54, 1.807) is 24.3 Å². The molecule has 5 nitrogen and oxygen atoms in total. The number of rotatable bonds is 6. The zero-order valence-corrected chi connectivity index (χ0v) is 23.2. The Labute approximate surface area is 244 Å². The molecule has 0 saturated heterocycles. The number of carbonyl (C=O) groups is 1. The van der Waals surface area contributed by atoms with E-state index < -0.39 is 17.6 Å². The first-order chi connectivity index (χ1) is 17.9. The van der Waals surface area contributed by atoms with Gasteiger partial charge in [0.2, 0.25) is 0 Å². The molecule has 0 spiro atoms. The average Bonchev–Trinajstić information content (AvgIpc) is 3.04. The molecule has 1 atom stereocenters. The first-order valence-corrected chi connectivity index (χ1v) is 12.5. The molecule has 0 aliphatic carbocycles. The number of nitrogens with zero attached hydrogens (tertiary/aromatic N) is 2. The Hall–Kier alpha value is -3.22. The van der Waals surface area contributed by atoms with Crippen molar-refractivity contribution >= 4 is 40.8 Å². The fraction of sp³-hybridized carbons (Fsp3) is 0.138. The predicted octanol–water partition coefficient (Wildman–Crippen LogP) is 2.41. The molecular weight excluding hydrogens is 517 g/mol. The van der Waals surface area contributed by atoms with Gasteiger partial charge in [-0.05, 0) is 59.7 Å². The SMILES string of the molecule is N#Cc1cccc2c1COc1ccc(C=Cc3ccc4cc(F)c(F)cc4n3)cc1C2SCCC(=O)[O-].[Na+]. The van der Waals surface area contributed by atoms with E-state index in [9.17, 15) is 23.9 Å². The third-order valence-corrected chi connectivity index (χ3v) is 7.37. The van der Waals surface area contributed by atoms with Crippen molar-refractivity contribution in [1.29, 1.82) is 5.26 Å². The summed E-state index contributed by atoms with van der Waals surface area (Å²) in [5, 5.41) is 20.9. The maximum atomic E-state index is 13.6. The minimum Gasteiger partial charge on any atom is -0.550 e. The van der Waals surface area contributed by atoms with Crippen molar-refractivity contribution in [3.8, 4) is 11.8 Å². The number of carboxylic acids is 1. The molecule has 1 aliphatic heterocycles. The third kappa shape index (κ3) is 5.92. The molecule has 38 heavy (non-hydrogen) atoms. The molecule has 0 amide bonds. The summed E-state index contributed by atoms with van der Waals surface area (Å²) in [6, 6.07) is 19.0. The largest absolute Gasteiger partial charge is 1.00 e. The Morgan fingerprint density at radius 2 is 1.92 bits per heavy atom. The second-order valence-corrected chi connectivity index (χ2v) is 9.69. The van der Waals surface area contributed by atoms with Gasteiger partial charge in [0.05, 0.1) is 28.1 Å². The number of carboxylic acid groups (broad SMARTS) is 1. The summed E-state index contributed by atoms with van der Waals surface area (Å²) in [6.45, 7) is 0.233. The molecule has 0 N–H and O–H groups in total. The van der Waals surface area contributed by atoms with Crippen molar-refractivity contribution in [1.82, 2.24) is 4.98 Å². The molecule has 0 saturated carbocycles. The van der Waals surface area contributed by atoms with Gasteiger partial charge in [-0.3, -0.25) is 0 Å². The van der Waals surface area contributed by atoms with Gasteiger partial charge in [-0.25, -0.2) is 13.8 Å². The number of fused-ring (bicyclic) bond motifs is 3.